The number of carbonyl (C=O) groups is 3. The number of hydrogen-bond acceptors (Lipinski definition) is 8. The Morgan fingerprint density at radius 1 is 1.23 bits per heavy atom. The van der Waals surface area contributed by atoms with Gasteiger partial charge in [0, 0.05) is 17.6 Å². The van der Waals surface area contributed by atoms with Gasteiger partial charge in [-0.15, -0.1) is 11.8 Å². The van der Waals surface area contributed by atoms with Crippen molar-refractivity contribution in [3.8, 4) is 11.5 Å². The Labute approximate surface area is 178 Å². The zero-order valence-electron chi connectivity index (χ0n) is 16.5. The van der Waals surface area contributed by atoms with E-state index in [1.807, 2.05) is 0 Å². The van der Waals surface area contributed by atoms with Gasteiger partial charge in [0.25, 0.3) is 0 Å². The van der Waals surface area contributed by atoms with Gasteiger partial charge in [-0.2, -0.15) is 0 Å². The van der Waals surface area contributed by atoms with E-state index < -0.39 is 23.9 Å². The zero-order chi connectivity index (χ0) is 22.3. The van der Waals surface area contributed by atoms with Crippen LogP contribution in [0.1, 0.15) is 22.8 Å². The molecule has 9 heteroatoms. The van der Waals surface area contributed by atoms with Crippen LogP contribution in [0.2, 0.25) is 0 Å². The maximum absolute atomic E-state index is 12.7. The van der Waals surface area contributed by atoms with Gasteiger partial charge >= 0.3 is 11.9 Å². The Bertz CT molecular complexity index is 959. The molecule has 0 aliphatic carbocycles. The van der Waals surface area contributed by atoms with E-state index in [2.05, 4.69) is 16.6 Å². The SMILES string of the molecule is C=Cc1ccc(OC(=O)c2ccc(O)c(N)c2SC[C@@H](NC(C)=O)C(=O)OC)cc1. The van der Waals surface area contributed by atoms with Gasteiger partial charge in [-0.3, -0.25) is 4.79 Å². The minimum atomic E-state index is -0.963. The standard InChI is InChI=1S/C21H22N2O6S/c1-4-13-5-7-14(8-6-13)29-20(26)15-9-10-17(25)18(22)19(15)30-11-16(21(27)28-3)23-12(2)24/h4-10,16,25H,1,11,22H2,2-3H3,(H,23,24)/t16-/m1/s1. The van der Waals surface area contributed by atoms with Gasteiger partial charge in [-0.25, -0.2) is 9.59 Å². The molecule has 2 aromatic rings. The highest BCUT2D eigenvalue weighted by Crippen LogP contribution is 2.36. The Hall–Kier alpha value is -3.46. The molecule has 0 radical (unpaired) electrons. The molecule has 0 spiro atoms. The number of nitrogens with two attached hydrogens (primary N) is 1. The van der Waals surface area contributed by atoms with Crippen LogP contribution in [0.15, 0.2) is 47.9 Å². The molecule has 0 heterocycles. The van der Waals surface area contributed by atoms with Gasteiger partial charge in [0.15, 0.2) is 0 Å². The average Bonchev–Trinajstić information content (AvgIpc) is 2.73. The summed E-state index contributed by atoms with van der Waals surface area (Å²) in [7, 11) is 1.20. The van der Waals surface area contributed by atoms with Gasteiger partial charge in [0.05, 0.1) is 18.4 Å². The second-order valence-corrected chi connectivity index (χ2v) is 7.16. The number of ether oxygens (including phenoxy) is 2. The van der Waals surface area contributed by atoms with E-state index in [9.17, 15) is 19.5 Å². The number of phenols is 1. The molecule has 4 N–H and O–H groups in total. The summed E-state index contributed by atoms with van der Waals surface area (Å²) >= 11 is 1.01. The molecule has 0 saturated heterocycles. The number of amides is 1. The number of anilines is 1. The van der Waals surface area contributed by atoms with Crippen LogP contribution in [-0.2, 0) is 14.3 Å². The van der Waals surface area contributed by atoms with Crippen molar-refractivity contribution in [3.63, 3.8) is 0 Å². The maximum atomic E-state index is 12.7. The van der Waals surface area contributed by atoms with Gasteiger partial charge in [0.1, 0.15) is 17.5 Å². The fourth-order valence-corrected chi connectivity index (χ4v) is 3.58. The molecule has 2 rings (SSSR count). The molecule has 0 aliphatic heterocycles. The molecule has 30 heavy (non-hydrogen) atoms. The Kier molecular flexibility index (Phi) is 7.88. The number of nitrogen functional groups attached to an aromatic ring is 1. The fraction of sp³-hybridized carbons (Fsp3) is 0.190. The first-order valence-electron chi connectivity index (χ1n) is 8.80. The number of aromatic hydroxyl groups is 1. The average molecular weight is 430 g/mol. The van der Waals surface area contributed by atoms with E-state index in [-0.39, 0.29) is 27.6 Å². The van der Waals surface area contributed by atoms with E-state index >= 15 is 0 Å². The number of esters is 2. The number of thioether (sulfide) groups is 1. The minimum Gasteiger partial charge on any atom is -0.506 e. The number of benzene rings is 2. The Morgan fingerprint density at radius 3 is 2.47 bits per heavy atom. The molecule has 0 unspecified atom stereocenters. The van der Waals surface area contributed by atoms with E-state index in [0.717, 1.165) is 17.3 Å². The molecule has 158 valence electrons. The Morgan fingerprint density at radius 2 is 1.90 bits per heavy atom. The van der Waals surface area contributed by atoms with Crippen LogP contribution < -0.4 is 15.8 Å². The summed E-state index contributed by atoms with van der Waals surface area (Å²) in [4.78, 5) is 36.2. The van der Waals surface area contributed by atoms with Crippen molar-refractivity contribution in [1.82, 2.24) is 5.32 Å². The van der Waals surface area contributed by atoms with Gasteiger partial charge in [-0.1, -0.05) is 24.8 Å². The van der Waals surface area contributed by atoms with Crippen LogP contribution >= 0.6 is 11.8 Å². The summed E-state index contributed by atoms with van der Waals surface area (Å²) in [5.41, 5.74) is 6.89. The molecule has 1 atom stereocenters. The molecule has 8 nitrogen and oxygen atoms in total. The van der Waals surface area contributed by atoms with Gasteiger partial charge < -0.3 is 25.6 Å². The van der Waals surface area contributed by atoms with Crippen molar-refractivity contribution in [1.29, 1.82) is 0 Å². The summed E-state index contributed by atoms with van der Waals surface area (Å²) in [5, 5.41) is 12.4. The fourth-order valence-electron chi connectivity index (χ4n) is 2.46. The number of nitrogens with one attached hydrogen (secondary N) is 1. The quantitative estimate of drug-likeness (QED) is 0.192. The molecule has 0 fully saturated rings. The smallest absolute Gasteiger partial charge is 0.344 e. The van der Waals surface area contributed by atoms with Crippen molar-refractivity contribution >= 4 is 41.4 Å². The van der Waals surface area contributed by atoms with Crippen LogP contribution in [-0.4, -0.2) is 41.9 Å². The van der Waals surface area contributed by atoms with E-state index in [1.165, 1.54) is 26.2 Å². The summed E-state index contributed by atoms with van der Waals surface area (Å²) in [6.45, 7) is 4.93. The highest BCUT2D eigenvalue weighted by atomic mass is 32.2. The van der Waals surface area contributed by atoms with Gasteiger partial charge in [0.2, 0.25) is 5.91 Å². The number of hydrogen-bond donors (Lipinski definition) is 3. The van der Waals surface area contributed by atoms with Crippen LogP contribution in [0, 0.1) is 0 Å². The number of rotatable bonds is 8. The van der Waals surface area contributed by atoms with Crippen molar-refractivity contribution < 1.29 is 29.0 Å². The van der Waals surface area contributed by atoms with Crippen LogP contribution in [0.3, 0.4) is 0 Å². The van der Waals surface area contributed by atoms with E-state index in [0.29, 0.717) is 5.75 Å². The summed E-state index contributed by atoms with van der Waals surface area (Å²) in [6.07, 6.45) is 1.66. The van der Waals surface area contributed by atoms with E-state index in [4.69, 9.17) is 10.5 Å². The lowest BCUT2D eigenvalue weighted by atomic mass is 10.2. The van der Waals surface area contributed by atoms with Crippen molar-refractivity contribution in [2.75, 3.05) is 18.6 Å². The molecular formula is C21H22N2O6S. The molecule has 0 aliphatic rings. The van der Waals surface area contributed by atoms with Crippen LogP contribution in [0.4, 0.5) is 5.69 Å². The maximum Gasteiger partial charge on any atom is 0.344 e. The third-order valence-corrected chi connectivity index (χ3v) is 5.21. The first kappa shape index (κ1) is 22.8. The molecule has 0 aromatic heterocycles. The number of carbonyl (C=O) groups excluding carboxylic acids is 3. The largest absolute Gasteiger partial charge is 0.506 e. The monoisotopic (exact) mass is 430 g/mol. The predicted octanol–water partition coefficient (Wildman–Crippen LogP) is 2.61. The van der Waals surface area contributed by atoms with Crippen LogP contribution in [0.5, 0.6) is 11.5 Å². The predicted molar refractivity (Wildman–Crippen MR) is 114 cm³/mol. The molecule has 2 aromatic carbocycles. The third-order valence-electron chi connectivity index (χ3n) is 3.98. The number of phenolic OH excluding ortho intramolecular Hbond substituents is 1. The molecule has 0 saturated carbocycles. The third kappa shape index (κ3) is 5.77. The summed E-state index contributed by atoms with van der Waals surface area (Å²) in [5.74, 6) is -1.64. The second kappa shape index (κ2) is 10.4. The normalized spacial score (nSPS) is 11.3. The lowest BCUT2D eigenvalue weighted by molar-refractivity contribution is -0.144. The molecule has 1 amide bonds. The lowest BCUT2D eigenvalue weighted by Crippen LogP contribution is -2.42. The van der Waals surface area contributed by atoms with Crippen molar-refractivity contribution in [2.24, 2.45) is 0 Å². The van der Waals surface area contributed by atoms with Crippen molar-refractivity contribution in [3.05, 3.63) is 54.1 Å². The number of methoxy groups -OCH3 is 1. The highest BCUT2D eigenvalue weighted by molar-refractivity contribution is 7.99. The highest BCUT2D eigenvalue weighted by Gasteiger charge is 2.24. The molecule has 0 bridgehead atoms. The lowest BCUT2D eigenvalue weighted by Gasteiger charge is -2.17. The van der Waals surface area contributed by atoms with Crippen molar-refractivity contribution in [2.45, 2.75) is 17.9 Å². The zero-order valence-corrected chi connectivity index (χ0v) is 17.3. The minimum absolute atomic E-state index is 0.0220. The van der Waals surface area contributed by atoms with Crippen LogP contribution in [0.25, 0.3) is 6.08 Å². The second-order valence-electron chi connectivity index (χ2n) is 6.13. The van der Waals surface area contributed by atoms with Gasteiger partial charge in [-0.05, 0) is 29.8 Å². The first-order valence-corrected chi connectivity index (χ1v) is 9.79. The summed E-state index contributed by atoms with van der Waals surface area (Å²) in [6, 6.07) is 8.41. The summed E-state index contributed by atoms with van der Waals surface area (Å²) < 4.78 is 10.1. The first-order chi connectivity index (χ1) is 14.3. The molecular weight excluding hydrogens is 408 g/mol. The Balaban J connectivity index is 2.27. The van der Waals surface area contributed by atoms with E-state index in [1.54, 1.807) is 30.3 Å². The topological polar surface area (TPSA) is 128 Å².